The van der Waals surface area contributed by atoms with Gasteiger partial charge in [0.15, 0.2) is 0 Å². The zero-order valence-corrected chi connectivity index (χ0v) is 23.3. The Morgan fingerprint density at radius 3 is 2.68 bits per heavy atom. The molecule has 5 rings (SSSR count). The summed E-state index contributed by atoms with van der Waals surface area (Å²) >= 11 is 8.76. The van der Waals surface area contributed by atoms with Crippen molar-refractivity contribution in [2.45, 2.75) is 17.7 Å². The highest BCUT2D eigenvalue weighted by molar-refractivity contribution is 8.04. The molecule has 4 aromatic rings. The van der Waals surface area contributed by atoms with Crippen molar-refractivity contribution < 1.29 is 30.2 Å². The Bertz CT molecular complexity index is 1770. The molecule has 1 N–H and O–H groups in total. The van der Waals surface area contributed by atoms with Gasteiger partial charge < -0.3 is 9.45 Å². The number of nitrogens with one attached hydrogen (secondary N) is 1. The molecule has 3 aromatic carbocycles. The Labute approximate surface area is 227 Å². The lowest BCUT2D eigenvalue weighted by molar-refractivity contribution is -0.648. The van der Waals surface area contributed by atoms with Crippen LogP contribution >= 0.6 is 34.7 Å². The van der Waals surface area contributed by atoms with Gasteiger partial charge in [0.2, 0.25) is 5.52 Å². The number of nitrogens with zero attached hydrogens (tertiary/aromatic N) is 2. The zero-order valence-electron chi connectivity index (χ0n) is 19.2. The van der Waals surface area contributed by atoms with E-state index in [0.717, 1.165) is 20.4 Å². The summed E-state index contributed by atoms with van der Waals surface area (Å²) < 4.78 is 68.3. The van der Waals surface area contributed by atoms with Crippen LogP contribution in [0.5, 0.6) is 0 Å². The van der Waals surface area contributed by atoms with Gasteiger partial charge in [0.1, 0.15) is 20.7 Å². The van der Waals surface area contributed by atoms with Crippen molar-refractivity contribution in [3.8, 4) is 0 Å². The van der Waals surface area contributed by atoms with E-state index < -0.39 is 32.0 Å². The molecule has 0 saturated carbocycles. The zero-order chi connectivity index (χ0) is 26.4. The van der Waals surface area contributed by atoms with E-state index in [0.29, 0.717) is 32.8 Å². The maximum absolute atomic E-state index is 12.8. The Hall–Kier alpha value is -2.23. The van der Waals surface area contributed by atoms with Crippen LogP contribution in [0.1, 0.15) is 11.9 Å². The fraction of sp³-hybridized carbons (Fsp3) is 0.174. The fourth-order valence-electron chi connectivity index (χ4n) is 4.02. The predicted octanol–water partition coefficient (Wildman–Crippen LogP) is 4.24. The summed E-state index contributed by atoms with van der Waals surface area (Å²) in [6, 6.07) is 16.5. The summed E-state index contributed by atoms with van der Waals surface area (Å²) in [5, 5.41) is 3.16. The highest BCUT2D eigenvalue weighted by atomic mass is 35.5. The number of rotatable bonds is 8. The van der Waals surface area contributed by atoms with E-state index in [-0.39, 0.29) is 0 Å². The van der Waals surface area contributed by atoms with Crippen LogP contribution in [0.4, 0.5) is 5.69 Å². The van der Waals surface area contributed by atoms with E-state index in [1.165, 1.54) is 28.0 Å². The smallest absolute Gasteiger partial charge is 0.345 e. The molecule has 0 amide bonds. The lowest BCUT2D eigenvalue weighted by atomic mass is 10.1. The largest absolute Gasteiger partial charge is 0.747 e. The maximum Gasteiger partial charge on any atom is 0.345 e. The van der Waals surface area contributed by atoms with Crippen LogP contribution in [0.2, 0.25) is 5.02 Å². The Morgan fingerprint density at radius 1 is 1.14 bits per heavy atom. The lowest BCUT2D eigenvalue weighted by Gasteiger charge is -2.21. The number of anilines is 1. The number of halogens is 1. The first-order chi connectivity index (χ1) is 17.5. The topological polar surface area (TPSA) is 120 Å². The first kappa shape index (κ1) is 26.4. The van der Waals surface area contributed by atoms with Gasteiger partial charge in [-0.1, -0.05) is 65.9 Å². The van der Waals surface area contributed by atoms with Crippen molar-refractivity contribution in [1.82, 2.24) is 5.48 Å². The Morgan fingerprint density at radius 2 is 1.92 bits per heavy atom. The monoisotopic (exact) mass is 597 g/mol. The number of hydrogen-bond acceptors (Lipinski definition) is 10. The second kappa shape index (κ2) is 10.2. The standard InChI is InChI=1S/C23H20ClN3O6S4/c1-2-25-33-37(31,32)14-27-22(35-20-9-7-15-5-3-4-6-17(15)23(20)27)12-21-26(13-36(28,29)30)18-11-16(24)8-10-19(18)34-21/h3-12,25H,2,13-14H2,1H3. The summed E-state index contributed by atoms with van der Waals surface area (Å²) in [5.41, 5.74) is 3.58. The van der Waals surface area contributed by atoms with E-state index >= 15 is 0 Å². The van der Waals surface area contributed by atoms with Gasteiger partial charge in [-0.2, -0.15) is 22.7 Å². The van der Waals surface area contributed by atoms with Crippen molar-refractivity contribution in [1.29, 1.82) is 0 Å². The summed E-state index contributed by atoms with van der Waals surface area (Å²) in [6.07, 6.45) is 1.69. The molecule has 1 aliphatic rings. The van der Waals surface area contributed by atoms with Gasteiger partial charge >= 0.3 is 10.1 Å². The van der Waals surface area contributed by atoms with Crippen LogP contribution in [0.25, 0.3) is 27.1 Å². The predicted molar refractivity (Wildman–Crippen MR) is 146 cm³/mol. The van der Waals surface area contributed by atoms with Crippen LogP contribution in [-0.2, 0) is 30.4 Å². The summed E-state index contributed by atoms with van der Waals surface area (Å²) in [6.45, 7) is 2.01. The highest BCUT2D eigenvalue weighted by Gasteiger charge is 2.32. The van der Waals surface area contributed by atoms with Gasteiger partial charge in [0, 0.05) is 16.5 Å². The number of thiazole rings is 1. The van der Waals surface area contributed by atoms with Gasteiger partial charge in [-0.25, -0.2) is 8.42 Å². The summed E-state index contributed by atoms with van der Waals surface area (Å²) in [7, 11) is -8.68. The molecular weight excluding hydrogens is 578 g/mol. The summed E-state index contributed by atoms with van der Waals surface area (Å²) in [4.78, 5) is 2.10. The number of thioether (sulfide) groups is 1. The first-order valence-corrected chi connectivity index (χ1v) is 16.1. The molecule has 0 unspecified atom stereocenters. The van der Waals surface area contributed by atoms with Gasteiger partial charge in [-0.3, -0.25) is 0 Å². The van der Waals surface area contributed by atoms with E-state index in [2.05, 4.69) is 5.48 Å². The van der Waals surface area contributed by atoms with Crippen molar-refractivity contribution in [2.24, 2.45) is 0 Å². The van der Waals surface area contributed by atoms with E-state index in [9.17, 15) is 21.4 Å². The van der Waals surface area contributed by atoms with Crippen molar-refractivity contribution in [3.63, 3.8) is 0 Å². The van der Waals surface area contributed by atoms with Crippen molar-refractivity contribution in [2.75, 3.05) is 17.3 Å². The molecule has 37 heavy (non-hydrogen) atoms. The van der Waals surface area contributed by atoms with Crippen LogP contribution in [0, 0.1) is 0 Å². The van der Waals surface area contributed by atoms with Crippen molar-refractivity contribution >= 4 is 87.7 Å². The summed E-state index contributed by atoms with van der Waals surface area (Å²) in [5.74, 6) is -1.29. The van der Waals surface area contributed by atoms with Gasteiger partial charge in [0.05, 0.1) is 22.2 Å². The fourth-order valence-corrected chi connectivity index (χ4v) is 8.15. The molecule has 0 bridgehead atoms. The molecule has 0 aliphatic carbocycles. The third-order valence-corrected chi connectivity index (χ3v) is 9.42. The SMILES string of the molecule is CCNOS(=O)(=O)C[n+]1c(C=C2Sc3ccc(Cl)cc3N2CS(=O)(=O)[O-])sc2ccc3ccccc3c21. The molecule has 0 saturated heterocycles. The molecule has 0 spiro atoms. The second-order valence-corrected chi connectivity index (χ2v) is 13.6. The highest BCUT2D eigenvalue weighted by Crippen LogP contribution is 2.48. The van der Waals surface area contributed by atoms with Crippen LogP contribution in [-0.4, -0.2) is 33.8 Å². The molecule has 0 radical (unpaired) electrons. The van der Waals surface area contributed by atoms with Gasteiger partial charge in [-0.15, -0.1) is 0 Å². The molecule has 14 heteroatoms. The molecule has 1 aromatic heterocycles. The molecule has 9 nitrogen and oxygen atoms in total. The van der Waals surface area contributed by atoms with Crippen LogP contribution < -0.4 is 14.9 Å². The molecule has 0 atom stereocenters. The minimum Gasteiger partial charge on any atom is -0.747 e. The average molecular weight is 598 g/mol. The molecule has 1 aliphatic heterocycles. The minimum atomic E-state index is -4.64. The van der Waals surface area contributed by atoms with Crippen LogP contribution in [0.3, 0.4) is 0 Å². The number of hydroxylamine groups is 1. The second-order valence-electron chi connectivity index (χ2n) is 8.08. The van der Waals surface area contributed by atoms with Crippen molar-refractivity contribution in [3.05, 3.63) is 69.7 Å². The Kier molecular flexibility index (Phi) is 7.24. The molecule has 2 heterocycles. The lowest BCUT2D eigenvalue weighted by Crippen LogP contribution is -2.41. The third kappa shape index (κ3) is 5.64. The van der Waals surface area contributed by atoms with E-state index in [4.69, 9.17) is 15.9 Å². The first-order valence-electron chi connectivity index (χ1n) is 10.9. The number of benzene rings is 3. The number of aromatic nitrogens is 1. The molecule has 194 valence electrons. The quantitative estimate of drug-likeness (QED) is 0.181. The van der Waals surface area contributed by atoms with E-state index in [1.807, 2.05) is 36.4 Å². The van der Waals surface area contributed by atoms with E-state index in [1.54, 1.807) is 35.8 Å². The molecular formula is C23H20ClN3O6S4. The van der Waals surface area contributed by atoms with Gasteiger partial charge in [-0.05, 0) is 35.7 Å². The normalized spacial score (nSPS) is 15.2. The average Bonchev–Trinajstić information content (AvgIpc) is 3.34. The van der Waals surface area contributed by atoms with Gasteiger partial charge in [0.25, 0.3) is 10.9 Å². The Balaban J connectivity index is 1.71. The third-order valence-electron chi connectivity index (χ3n) is 5.46. The number of hydrogen-bond donors (Lipinski definition) is 1. The number of fused-ring (bicyclic) bond motifs is 4. The minimum absolute atomic E-state index is 0.296. The molecule has 0 fully saturated rings. The van der Waals surface area contributed by atoms with Crippen LogP contribution in [0.15, 0.2) is 64.5 Å². The maximum atomic E-state index is 12.8.